The number of benzene rings is 1. The third-order valence-electron chi connectivity index (χ3n) is 3.29. The van der Waals surface area contributed by atoms with Gasteiger partial charge in [0.15, 0.2) is 0 Å². The van der Waals surface area contributed by atoms with Gasteiger partial charge in [-0.2, -0.15) is 0 Å². The van der Waals surface area contributed by atoms with Gasteiger partial charge < -0.3 is 18.9 Å². The van der Waals surface area contributed by atoms with Gasteiger partial charge in [0.2, 0.25) is 0 Å². The molecule has 0 aliphatic carbocycles. The third kappa shape index (κ3) is 4.47. The zero-order valence-electron chi connectivity index (χ0n) is 11.9. The maximum atomic E-state index is 10.3. The van der Waals surface area contributed by atoms with Gasteiger partial charge in [-0.3, -0.25) is 0 Å². The number of para-hydroxylation sites is 1. The second-order valence-electron chi connectivity index (χ2n) is 4.49. The lowest BCUT2D eigenvalue weighted by Gasteiger charge is -2.29. The Bertz CT molecular complexity index is 382. The van der Waals surface area contributed by atoms with E-state index in [2.05, 4.69) is 6.58 Å². The second-order valence-corrected chi connectivity index (χ2v) is 8.07. The molecular weight excluding hydrogens is 258 g/mol. The average molecular weight is 281 g/mol. The van der Waals surface area contributed by atoms with Gasteiger partial charge in [-0.05, 0) is 37.3 Å². The molecule has 5 heteroatoms. The van der Waals surface area contributed by atoms with Crippen LogP contribution in [-0.4, -0.2) is 34.1 Å². The zero-order valence-corrected chi connectivity index (χ0v) is 12.9. The Morgan fingerprint density at radius 3 is 2.37 bits per heavy atom. The van der Waals surface area contributed by atoms with Crippen LogP contribution in [0.5, 0.6) is 0 Å². The van der Waals surface area contributed by atoms with E-state index < -0.39 is 14.8 Å². The van der Waals surface area contributed by atoms with Gasteiger partial charge >= 0.3 is 8.56 Å². The smallest absolute Gasteiger partial charge is 0.334 e. The normalized spacial score (nSPS) is 13.1. The Kier molecular flexibility index (Phi) is 6.24. The van der Waals surface area contributed by atoms with E-state index in [0.29, 0.717) is 6.42 Å². The van der Waals surface area contributed by atoms with Gasteiger partial charge in [-0.1, -0.05) is 24.8 Å². The van der Waals surface area contributed by atoms with Crippen LogP contribution in [0.25, 0.3) is 0 Å². The minimum absolute atomic E-state index is 0.575. The summed E-state index contributed by atoms with van der Waals surface area (Å²) in [6, 6.07) is 10.4. The zero-order chi connectivity index (χ0) is 14.3. The Morgan fingerprint density at radius 2 is 1.89 bits per heavy atom. The lowest BCUT2D eigenvalue weighted by atomic mass is 10.2. The first kappa shape index (κ1) is 15.9. The number of rotatable bonds is 8. The summed E-state index contributed by atoms with van der Waals surface area (Å²) >= 11 is 0. The first-order chi connectivity index (χ1) is 9.06. The van der Waals surface area contributed by atoms with Crippen LogP contribution in [0.1, 0.15) is 6.42 Å². The van der Waals surface area contributed by atoms with Crippen molar-refractivity contribution >= 4 is 14.2 Å². The molecule has 19 heavy (non-hydrogen) atoms. The molecule has 1 atom stereocenters. The van der Waals surface area contributed by atoms with Crippen LogP contribution in [0.15, 0.2) is 43.1 Å². The molecule has 0 aromatic heterocycles. The lowest BCUT2D eigenvalue weighted by Crippen LogP contribution is -2.39. The van der Waals surface area contributed by atoms with Gasteiger partial charge in [0.25, 0.3) is 0 Å². The van der Waals surface area contributed by atoms with Crippen LogP contribution >= 0.6 is 0 Å². The molecule has 0 spiro atoms. The van der Waals surface area contributed by atoms with Crippen molar-refractivity contribution in [2.24, 2.45) is 0 Å². The molecule has 1 aromatic carbocycles. The Balaban J connectivity index is 2.65. The predicted octanol–water partition coefficient (Wildman–Crippen LogP) is 2.71. The molecule has 0 fully saturated rings. The van der Waals surface area contributed by atoms with Crippen LogP contribution in [0.3, 0.4) is 0 Å². The average Bonchev–Trinajstić information content (AvgIpc) is 2.46. The number of aliphatic hydroxyl groups is 1. The molecular formula is C14H23NO3Si. The summed E-state index contributed by atoms with van der Waals surface area (Å²) in [6.07, 6.45) is 1.58. The molecule has 1 unspecified atom stereocenters. The van der Waals surface area contributed by atoms with E-state index in [0.717, 1.165) is 11.7 Å². The number of hydrogen-bond acceptors (Lipinski definition) is 4. The SMILES string of the molecule is C=CN(c1ccccc1)C(O)CC[Si](C)(OC)OC. The number of aliphatic hydroxyl groups excluding tert-OH is 1. The summed E-state index contributed by atoms with van der Waals surface area (Å²) in [4.78, 5) is 1.75. The van der Waals surface area contributed by atoms with Crippen LogP contribution in [0.4, 0.5) is 5.69 Å². The van der Waals surface area contributed by atoms with Crippen molar-refractivity contribution in [2.45, 2.75) is 25.2 Å². The highest BCUT2D eigenvalue weighted by Gasteiger charge is 2.30. The first-order valence-corrected chi connectivity index (χ1v) is 8.83. The van der Waals surface area contributed by atoms with Crippen molar-refractivity contribution in [1.29, 1.82) is 0 Å². The largest absolute Gasteiger partial charge is 0.398 e. The third-order valence-corrected chi connectivity index (χ3v) is 6.22. The van der Waals surface area contributed by atoms with Gasteiger partial charge in [-0.25, -0.2) is 0 Å². The molecule has 0 aliphatic rings. The van der Waals surface area contributed by atoms with Gasteiger partial charge in [0.1, 0.15) is 6.23 Å². The van der Waals surface area contributed by atoms with Gasteiger partial charge in [-0.15, -0.1) is 0 Å². The standard InChI is InChI=1S/C14H23NO3Si/c1-5-15(13-9-7-6-8-10-13)14(16)11-12-19(4,17-2)18-3/h5-10,14,16H,1,11-12H2,2-4H3. The molecule has 1 N–H and O–H groups in total. The first-order valence-electron chi connectivity index (χ1n) is 6.30. The van der Waals surface area contributed by atoms with Crippen LogP contribution in [-0.2, 0) is 8.85 Å². The molecule has 0 aliphatic heterocycles. The van der Waals surface area contributed by atoms with E-state index in [4.69, 9.17) is 8.85 Å². The van der Waals surface area contributed by atoms with Gasteiger partial charge in [0.05, 0.1) is 0 Å². The molecule has 4 nitrogen and oxygen atoms in total. The summed E-state index contributed by atoms with van der Waals surface area (Å²) in [6.45, 7) is 5.74. The molecule has 0 heterocycles. The highest BCUT2D eigenvalue weighted by molar-refractivity contribution is 6.65. The molecule has 106 valence electrons. The Morgan fingerprint density at radius 1 is 1.32 bits per heavy atom. The fourth-order valence-corrected chi connectivity index (χ4v) is 3.17. The predicted molar refractivity (Wildman–Crippen MR) is 80.2 cm³/mol. The highest BCUT2D eigenvalue weighted by atomic mass is 28.4. The number of hydrogen-bond donors (Lipinski definition) is 1. The molecule has 0 bridgehead atoms. The molecule has 1 rings (SSSR count). The summed E-state index contributed by atoms with van der Waals surface area (Å²) < 4.78 is 10.8. The topological polar surface area (TPSA) is 41.9 Å². The van der Waals surface area contributed by atoms with Crippen LogP contribution < -0.4 is 4.90 Å². The maximum Gasteiger partial charge on any atom is 0.334 e. The summed E-state index contributed by atoms with van der Waals surface area (Å²) in [7, 11) is 1.17. The van der Waals surface area contributed by atoms with Crippen LogP contribution in [0, 0.1) is 0 Å². The molecule has 0 saturated carbocycles. The van der Waals surface area contributed by atoms with E-state index in [1.165, 1.54) is 0 Å². The Hall–Kier alpha value is -1.14. The van der Waals surface area contributed by atoms with E-state index in [9.17, 15) is 5.11 Å². The van der Waals surface area contributed by atoms with Gasteiger partial charge in [0, 0.05) is 19.9 Å². The van der Waals surface area contributed by atoms with Crippen molar-refractivity contribution in [2.75, 3.05) is 19.1 Å². The minimum atomic E-state index is -2.14. The number of nitrogens with zero attached hydrogens (tertiary/aromatic N) is 1. The van der Waals surface area contributed by atoms with E-state index in [1.54, 1.807) is 25.3 Å². The second kappa shape index (κ2) is 7.45. The van der Waals surface area contributed by atoms with Crippen molar-refractivity contribution in [3.8, 4) is 0 Å². The molecule has 0 amide bonds. The van der Waals surface area contributed by atoms with Crippen LogP contribution in [0.2, 0.25) is 12.6 Å². The number of anilines is 1. The van der Waals surface area contributed by atoms with Crippen molar-refractivity contribution < 1.29 is 14.0 Å². The highest BCUT2D eigenvalue weighted by Crippen LogP contribution is 2.21. The summed E-state index contributed by atoms with van der Waals surface area (Å²) in [5.41, 5.74) is 0.920. The maximum absolute atomic E-state index is 10.3. The van der Waals surface area contributed by atoms with E-state index in [1.807, 2.05) is 36.9 Å². The van der Waals surface area contributed by atoms with Crippen molar-refractivity contribution in [3.05, 3.63) is 43.1 Å². The van der Waals surface area contributed by atoms with Crippen molar-refractivity contribution in [1.82, 2.24) is 0 Å². The molecule has 0 radical (unpaired) electrons. The summed E-state index contributed by atoms with van der Waals surface area (Å²) in [5.74, 6) is 0. The van der Waals surface area contributed by atoms with Crippen molar-refractivity contribution in [3.63, 3.8) is 0 Å². The fraction of sp³-hybridized carbons (Fsp3) is 0.429. The van der Waals surface area contributed by atoms with E-state index in [-0.39, 0.29) is 0 Å². The monoisotopic (exact) mass is 281 g/mol. The lowest BCUT2D eigenvalue weighted by molar-refractivity contribution is 0.166. The molecule has 1 aromatic rings. The Labute approximate surface area is 116 Å². The fourth-order valence-electron chi connectivity index (χ4n) is 1.82. The van der Waals surface area contributed by atoms with E-state index >= 15 is 0 Å². The molecule has 0 saturated heterocycles. The minimum Gasteiger partial charge on any atom is -0.398 e. The quantitative estimate of drug-likeness (QED) is 0.587. The summed E-state index contributed by atoms with van der Waals surface area (Å²) in [5, 5.41) is 10.3.